The molecule has 5 nitrogen and oxygen atoms in total. The molecule has 0 N–H and O–H groups in total. The van der Waals surface area contributed by atoms with Crippen LogP contribution in [0.2, 0.25) is 0 Å². The fourth-order valence-electron chi connectivity index (χ4n) is 4.78. The van der Waals surface area contributed by atoms with Gasteiger partial charge >= 0.3 is 0 Å². The summed E-state index contributed by atoms with van der Waals surface area (Å²) < 4.78 is 2.14. The number of pyridine rings is 1. The normalized spacial score (nSPS) is 10.6. The van der Waals surface area contributed by atoms with Gasteiger partial charge in [0.15, 0.2) is 0 Å². The second kappa shape index (κ2) is 8.82. The Morgan fingerprint density at radius 2 is 1.30 bits per heavy atom. The van der Waals surface area contributed by atoms with Crippen LogP contribution in [0.3, 0.4) is 0 Å². The fourth-order valence-corrected chi connectivity index (χ4v) is 4.78. The third kappa shape index (κ3) is 3.76. The van der Waals surface area contributed by atoms with Crippen LogP contribution in [0.5, 0.6) is 0 Å². The van der Waals surface area contributed by atoms with Gasteiger partial charge in [-0.2, -0.15) is 15.8 Å². The van der Waals surface area contributed by atoms with Gasteiger partial charge in [0.2, 0.25) is 0 Å². The summed E-state index contributed by atoms with van der Waals surface area (Å²) in [5.41, 5.74) is 8.06. The van der Waals surface area contributed by atoms with Crippen LogP contribution < -0.4 is 0 Å². The molecule has 37 heavy (non-hydrogen) atoms. The maximum atomic E-state index is 9.88. The highest BCUT2D eigenvalue weighted by Crippen LogP contribution is 2.35. The molecule has 0 bridgehead atoms. The molecule has 0 amide bonds. The zero-order valence-electron chi connectivity index (χ0n) is 19.6. The molecule has 170 valence electrons. The van der Waals surface area contributed by atoms with Gasteiger partial charge in [0.05, 0.1) is 45.6 Å². The first kappa shape index (κ1) is 21.8. The number of para-hydroxylation sites is 1. The van der Waals surface area contributed by atoms with Crippen LogP contribution in [-0.2, 0) is 0 Å². The van der Waals surface area contributed by atoms with Gasteiger partial charge in [0.25, 0.3) is 0 Å². The topological polar surface area (TPSA) is 89.2 Å². The van der Waals surface area contributed by atoms with E-state index in [0.29, 0.717) is 16.7 Å². The zero-order valence-corrected chi connectivity index (χ0v) is 19.6. The van der Waals surface area contributed by atoms with E-state index >= 15 is 0 Å². The van der Waals surface area contributed by atoms with Crippen LogP contribution in [0, 0.1) is 34.0 Å². The minimum atomic E-state index is 0.513. The predicted molar refractivity (Wildman–Crippen MR) is 144 cm³/mol. The standard InChI is InChI=1S/C32H17N5/c33-17-21-9-11-32-29(14-21)28-6-1-2-7-31(28)37(32)27-13-23(19-35)12-26(16-27)24-4-3-5-25(15-24)30-10-8-22(18-34)20-36-30/h1-16,20H. The first-order valence-electron chi connectivity index (χ1n) is 11.6. The van der Waals surface area contributed by atoms with E-state index < -0.39 is 0 Å². The van der Waals surface area contributed by atoms with Crippen molar-refractivity contribution in [3.8, 4) is 46.3 Å². The third-order valence-corrected chi connectivity index (χ3v) is 6.49. The van der Waals surface area contributed by atoms with Gasteiger partial charge in [0, 0.05) is 28.2 Å². The smallest absolute Gasteiger partial charge is 0.101 e. The van der Waals surface area contributed by atoms with Crippen molar-refractivity contribution in [2.75, 3.05) is 0 Å². The molecule has 0 saturated heterocycles. The van der Waals surface area contributed by atoms with Crippen LogP contribution in [0.15, 0.2) is 103 Å². The van der Waals surface area contributed by atoms with E-state index in [1.54, 1.807) is 12.3 Å². The molecule has 0 spiro atoms. The molecule has 0 radical (unpaired) electrons. The predicted octanol–water partition coefficient (Wildman–Crippen LogP) is 7.13. The number of benzene rings is 4. The Hall–Kier alpha value is -5.70. The van der Waals surface area contributed by atoms with Gasteiger partial charge in [-0.1, -0.05) is 36.4 Å². The van der Waals surface area contributed by atoms with Crippen molar-refractivity contribution in [3.63, 3.8) is 0 Å². The molecule has 0 saturated carbocycles. The Kier molecular flexibility index (Phi) is 5.20. The van der Waals surface area contributed by atoms with Gasteiger partial charge in [-0.15, -0.1) is 0 Å². The van der Waals surface area contributed by atoms with E-state index in [0.717, 1.165) is 49.9 Å². The lowest BCUT2D eigenvalue weighted by Crippen LogP contribution is -1.96. The Labute approximate surface area is 213 Å². The second-order valence-corrected chi connectivity index (χ2v) is 8.70. The fraction of sp³-hybridized carbons (Fsp3) is 0. The van der Waals surface area contributed by atoms with Crippen molar-refractivity contribution < 1.29 is 0 Å². The van der Waals surface area contributed by atoms with Gasteiger partial charge in [0.1, 0.15) is 6.07 Å². The van der Waals surface area contributed by atoms with Crippen molar-refractivity contribution in [1.82, 2.24) is 9.55 Å². The van der Waals surface area contributed by atoms with Crippen LogP contribution >= 0.6 is 0 Å². The highest BCUT2D eigenvalue weighted by Gasteiger charge is 2.14. The monoisotopic (exact) mass is 471 g/mol. The van der Waals surface area contributed by atoms with Crippen molar-refractivity contribution in [3.05, 3.63) is 120 Å². The number of nitrogens with zero attached hydrogens (tertiary/aromatic N) is 5. The van der Waals surface area contributed by atoms with Crippen LogP contribution in [0.4, 0.5) is 0 Å². The summed E-state index contributed by atoms with van der Waals surface area (Å²) >= 11 is 0. The lowest BCUT2D eigenvalue weighted by molar-refractivity contribution is 1.18. The lowest BCUT2D eigenvalue weighted by atomic mass is 9.99. The molecule has 0 aliphatic carbocycles. The van der Waals surface area contributed by atoms with Crippen LogP contribution in [-0.4, -0.2) is 9.55 Å². The first-order valence-corrected chi connectivity index (χ1v) is 11.6. The van der Waals surface area contributed by atoms with Crippen molar-refractivity contribution >= 4 is 21.8 Å². The maximum Gasteiger partial charge on any atom is 0.101 e. The van der Waals surface area contributed by atoms with Crippen molar-refractivity contribution in [1.29, 1.82) is 15.8 Å². The molecule has 0 unspecified atom stereocenters. The van der Waals surface area contributed by atoms with Gasteiger partial charge < -0.3 is 4.57 Å². The summed E-state index contributed by atoms with van der Waals surface area (Å²) in [4.78, 5) is 4.43. The Morgan fingerprint density at radius 1 is 0.541 bits per heavy atom. The van der Waals surface area contributed by atoms with Gasteiger partial charge in [-0.05, 0) is 71.8 Å². The summed E-state index contributed by atoms with van der Waals surface area (Å²) in [7, 11) is 0. The molecule has 4 aromatic carbocycles. The summed E-state index contributed by atoms with van der Waals surface area (Å²) in [6.07, 6.45) is 1.57. The van der Waals surface area contributed by atoms with E-state index in [2.05, 4.69) is 46.0 Å². The number of hydrogen-bond acceptors (Lipinski definition) is 4. The molecule has 6 aromatic rings. The number of rotatable bonds is 3. The molecule has 0 fully saturated rings. The molecular weight excluding hydrogens is 454 g/mol. The van der Waals surface area contributed by atoms with Gasteiger partial charge in [-0.3, -0.25) is 4.98 Å². The highest BCUT2D eigenvalue weighted by molar-refractivity contribution is 6.09. The number of nitriles is 3. The van der Waals surface area contributed by atoms with Crippen LogP contribution in [0.1, 0.15) is 16.7 Å². The van der Waals surface area contributed by atoms with Crippen molar-refractivity contribution in [2.45, 2.75) is 0 Å². The lowest BCUT2D eigenvalue weighted by Gasteiger charge is -2.12. The molecule has 5 heteroatoms. The summed E-state index contributed by atoms with van der Waals surface area (Å²) in [5.74, 6) is 0. The molecule has 0 aliphatic rings. The molecule has 2 heterocycles. The van der Waals surface area contributed by atoms with E-state index in [9.17, 15) is 10.5 Å². The van der Waals surface area contributed by atoms with Gasteiger partial charge in [-0.25, -0.2) is 0 Å². The van der Waals surface area contributed by atoms with Crippen molar-refractivity contribution in [2.24, 2.45) is 0 Å². The molecule has 2 aromatic heterocycles. The second-order valence-electron chi connectivity index (χ2n) is 8.70. The zero-order chi connectivity index (χ0) is 25.4. The Bertz CT molecular complexity index is 1960. The minimum absolute atomic E-state index is 0.513. The third-order valence-electron chi connectivity index (χ3n) is 6.49. The minimum Gasteiger partial charge on any atom is -0.309 e. The van der Waals surface area contributed by atoms with E-state index in [-0.39, 0.29) is 0 Å². The SMILES string of the molecule is N#Cc1ccc(-c2cccc(-c3cc(C#N)cc(-n4c5ccccc5c5cc(C#N)ccc54)c3)c2)nc1. The van der Waals surface area contributed by atoms with E-state index in [1.807, 2.05) is 72.8 Å². The largest absolute Gasteiger partial charge is 0.309 e. The summed E-state index contributed by atoms with van der Waals surface area (Å²) in [6, 6.07) is 37.9. The molecule has 6 rings (SSSR count). The number of hydrogen-bond donors (Lipinski definition) is 0. The summed E-state index contributed by atoms with van der Waals surface area (Å²) in [6.45, 7) is 0. The number of fused-ring (bicyclic) bond motifs is 3. The first-order chi connectivity index (χ1) is 18.2. The molecule has 0 atom stereocenters. The summed E-state index contributed by atoms with van der Waals surface area (Å²) in [5, 5.41) is 30.4. The Morgan fingerprint density at radius 3 is 2.08 bits per heavy atom. The quantitative estimate of drug-likeness (QED) is 0.275. The maximum absolute atomic E-state index is 9.88. The molecular formula is C32H17N5. The van der Waals surface area contributed by atoms with Crippen LogP contribution in [0.25, 0.3) is 49.9 Å². The van der Waals surface area contributed by atoms with E-state index in [1.165, 1.54) is 0 Å². The Balaban J connectivity index is 1.55. The van der Waals surface area contributed by atoms with E-state index in [4.69, 9.17) is 5.26 Å². The number of aromatic nitrogens is 2. The molecule has 0 aliphatic heterocycles. The average molecular weight is 472 g/mol. The highest BCUT2D eigenvalue weighted by atomic mass is 15.0. The average Bonchev–Trinajstić information content (AvgIpc) is 3.30.